The molecule has 72 heavy (non-hydrogen) atoms. The van der Waals surface area contributed by atoms with Crippen LogP contribution in [0, 0.1) is 0 Å². The summed E-state index contributed by atoms with van der Waals surface area (Å²) in [6.07, 6.45) is 6.84. The Bertz CT molecular complexity index is 1900. The maximum Gasteiger partial charge on any atom is 0.217 e. The zero-order chi connectivity index (χ0) is 52.7. The van der Waals surface area contributed by atoms with Crippen molar-refractivity contribution in [1.29, 1.82) is 0 Å². The number of nitrogens with two attached hydrogens (primary N) is 1. The van der Waals surface area contributed by atoms with Gasteiger partial charge in [0.05, 0.1) is 0 Å². The van der Waals surface area contributed by atoms with E-state index in [1.54, 1.807) is 13.8 Å². The van der Waals surface area contributed by atoms with Crippen LogP contribution in [0.1, 0.15) is 111 Å². The number of thioether (sulfide) groups is 2. The molecule has 4 aromatic carbocycles. The van der Waals surface area contributed by atoms with E-state index in [2.05, 4.69) is 179 Å². The van der Waals surface area contributed by atoms with Crippen molar-refractivity contribution in [2.75, 3.05) is 63.8 Å². The molecule has 0 fully saturated rings. The van der Waals surface area contributed by atoms with E-state index in [0.29, 0.717) is 5.75 Å². The summed E-state index contributed by atoms with van der Waals surface area (Å²) in [4.78, 5) is 36.5. The molecule has 0 saturated carbocycles. The van der Waals surface area contributed by atoms with Crippen LogP contribution in [0.5, 0.6) is 0 Å². The molecule has 0 aliphatic carbocycles. The number of nitrogens with zero attached hydrogens (tertiary/aromatic N) is 2. The smallest absolute Gasteiger partial charge is 0.217 e. The Morgan fingerprint density at radius 2 is 0.861 bits per heavy atom. The SMILES string of the molecule is CC.CC.CC(=O)N[C@H](C)CS.CC(=O)SCC(C)N.CCCc1ccc(P(CS)c2ccc(CCN(C)C)cc2)cc1.CCCc1ccc(P(CSC(C)=O)c2ccc(CCN(C)C)cc2)cc1.[Cl-].[Cl-].[Cl-]. The molecule has 0 aliphatic rings. The third kappa shape index (κ3) is 40.0. The highest BCUT2D eigenvalue weighted by Crippen LogP contribution is 2.38. The summed E-state index contributed by atoms with van der Waals surface area (Å²) in [7, 11) is 7.60. The molecule has 3 unspecified atom stereocenters. The van der Waals surface area contributed by atoms with Crippen LogP contribution < -0.4 is 69.5 Å². The van der Waals surface area contributed by atoms with Gasteiger partial charge in [-0.15, -0.1) is 0 Å². The number of likely N-dealkylation sites (N-methyl/N-ethyl adjacent to an activating group) is 2. The fourth-order valence-corrected chi connectivity index (χ4v) is 13.0. The number of hydrogen-bond donors (Lipinski definition) is 4. The second kappa shape index (κ2) is 50.5. The lowest BCUT2D eigenvalue weighted by molar-refractivity contribution is -0.119. The van der Waals surface area contributed by atoms with E-state index >= 15 is 0 Å². The molecule has 0 bridgehead atoms. The number of amides is 1. The van der Waals surface area contributed by atoms with Crippen LogP contribution in [0.4, 0.5) is 0 Å². The number of nitrogens with one attached hydrogen (secondary N) is 1. The molecule has 3 N–H and O–H groups in total. The molecule has 0 aliphatic heterocycles. The third-order valence-corrected chi connectivity index (χ3v) is 18.0. The molecule has 4 rings (SSSR count). The topological polar surface area (TPSA) is 95.7 Å². The first-order valence-corrected chi connectivity index (χ1v) is 30.9. The minimum atomic E-state index is -0.507. The Balaban J connectivity index is -0.000000296. The van der Waals surface area contributed by atoms with Gasteiger partial charge in [0.1, 0.15) is 0 Å². The molecule has 412 valence electrons. The van der Waals surface area contributed by atoms with E-state index in [1.165, 1.54) is 93.2 Å². The fourth-order valence-electron chi connectivity index (χ4n) is 6.06. The van der Waals surface area contributed by atoms with E-state index in [0.717, 1.165) is 49.1 Å². The quantitative estimate of drug-likeness (QED) is 0.0749. The molecule has 16 heteroatoms. The first-order chi connectivity index (χ1) is 32.9. The number of thiol groups is 2. The number of rotatable bonds is 21. The summed E-state index contributed by atoms with van der Waals surface area (Å²) in [5, 5.41) is 8.57. The predicted octanol–water partition coefficient (Wildman–Crippen LogP) is 2.59. The Morgan fingerprint density at radius 3 is 1.07 bits per heavy atom. The highest BCUT2D eigenvalue weighted by molar-refractivity contribution is 8.18. The third-order valence-electron chi connectivity index (χ3n) is 9.58. The van der Waals surface area contributed by atoms with Crippen molar-refractivity contribution in [2.24, 2.45) is 5.73 Å². The molecule has 0 radical (unpaired) electrons. The second-order valence-electron chi connectivity index (χ2n) is 16.6. The average molecular weight is 1170 g/mol. The fraction of sp³-hybridized carbons (Fsp3) is 0.518. The molecule has 0 aromatic heterocycles. The maximum atomic E-state index is 11.5. The first kappa shape index (κ1) is 79.6. The zero-order valence-corrected chi connectivity index (χ0v) is 53.8. The standard InChI is InChI=1S/C22H30NOPS.C20H28NPS.2C5H11NOS.2C2H6.3ClH/c1-5-6-19-7-11-21(12-8-19)25(17-26-18(2)24)22-13-9-20(10-14-22)15-16-23(3)4;1-4-5-17-6-10-19(11-7-17)22(16-23)20-12-8-18(9-13-20)14-15-21(2)3;1-4(6)3-8-5(2)7;1-4(3-8)6-5(2)7;2*1-2;;;/h7-14H,5-6,15-17H2,1-4H3;6-13,23H,4-5,14-16H2,1-3H3;4H,3,6H2,1-2H3;4,8H,3H2,1-2H3,(H,6,7);2*1-2H3;3*1H/p-3/t;;;4-;;;;;/m...1...../s1. The average Bonchev–Trinajstić information content (AvgIpc) is 3.33. The van der Waals surface area contributed by atoms with Gasteiger partial charge in [-0.3, -0.25) is 14.4 Å². The van der Waals surface area contributed by atoms with Gasteiger partial charge in [-0.1, -0.05) is 175 Å². The minimum Gasteiger partial charge on any atom is -1.00 e. The summed E-state index contributed by atoms with van der Waals surface area (Å²) in [6.45, 7) is 23.1. The van der Waals surface area contributed by atoms with Crippen molar-refractivity contribution >= 4 is 102 Å². The van der Waals surface area contributed by atoms with Crippen LogP contribution in [-0.4, -0.2) is 102 Å². The van der Waals surface area contributed by atoms with Crippen LogP contribution in [0.25, 0.3) is 0 Å². The van der Waals surface area contributed by atoms with Crippen LogP contribution in [0.2, 0.25) is 0 Å². The molecular weight excluding hydrogens is 1070 g/mol. The number of carbonyl (C=O) groups excluding carboxylic acids is 3. The number of carbonyl (C=O) groups is 3. The van der Waals surface area contributed by atoms with Gasteiger partial charge in [0.2, 0.25) is 5.91 Å². The van der Waals surface area contributed by atoms with E-state index in [1.807, 2.05) is 41.5 Å². The molecule has 0 saturated heterocycles. The van der Waals surface area contributed by atoms with E-state index in [-0.39, 0.29) is 73.4 Å². The summed E-state index contributed by atoms with van der Waals surface area (Å²) in [5.74, 6) is 1.43. The molecule has 7 nitrogen and oxygen atoms in total. The largest absolute Gasteiger partial charge is 1.00 e. The van der Waals surface area contributed by atoms with Crippen molar-refractivity contribution in [2.45, 2.75) is 127 Å². The van der Waals surface area contributed by atoms with Crippen molar-refractivity contribution in [3.63, 3.8) is 0 Å². The van der Waals surface area contributed by atoms with E-state index in [4.69, 9.17) is 5.73 Å². The Kier molecular flexibility index (Phi) is 55.8. The van der Waals surface area contributed by atoms with Gasteiger partial charge >= 0.3 is 0 Å². The van der Waals surface area contributed by atoms with Crippen molar-refractivity contribution in [1.82, 2.24) is 15.1 Å². The molecule has 0 spiro atoms. The molecule has 0 heterocycles. The normalized spacial score (nSPS) is 11.6. The number of halogens is 3. The summed E-state index contributed by atoms with van der Waals surface area (Å²) in [5.41, 5.74) is 12.7. The molecule has 1 amide bonds. The molecular formula is C56H92Cl3N4O3P2S4-3. The van der Waals surface area contributed by atoms with Crippen LogP contribution in [0.15, 0.2) is 97.1 Å². The highest BCUT2D eigenvalue weighted by Gasteiger charge is 2.16. The summed E-state index contributed by atoms with van der Waals surface area (Å²) < 4.78 is 0. The van der Waals surface area contributed by atoms with Gasteiger partial charge < -0.3 is 58.1 Å². The second-order valence-corrected chi connectivity index (χ2v) is 25.0. The Morgan fingerprint density at radius 1 is 0.556 bits per heavy atom. The van der Waals surface area contributed by atoms with E-state index < -0.39 is 7.92 Å². The zero-order valence-electron chi connectivity index (χ0n) is 46.3. The highest BCUT2D eigenvalue weighted by atomic mass is 35.5. The number of benzene rings is 4. The van der Waals surface area contributed by atoms with Gasteiger partial charge in [0.15, 0.2) is 10.2 Å². The minimum absolute atomic E-state index is 0. The van der Waals surface area contributed by atoms with Gasteiger partial charge in [0.25, 0.3) is 0 Å². The van der Waals surface area contributed by atoms with Gasteiger partial charge in [0, 0.05) is 68.4 Å². The van der Waals surface area contributed by atoms with Crippen LogP contribution in [-0.2, 0) is 40.1 Å². The Hall–Kier alpha value is -1.30. The summed E-state index contributed by atoms with van der Waals surface area (Å²) in [6, 6.07) is 36.7. The first-order valence-electron chi connectivity index (χ1n) is 24.6. The lowest BCUT2D eigenvalue weighted by atomic mass is 10.1. The van der Waals surface area contributed by atoms with E-state index in [9.17, 15) is 14.4 Å². The monoisotopic (exact) mass is 1160 g/mol. The van der Waals surface area contributed by atoms with Crippen LogP contribution in [0.3, 0.4) is 0 Å². The van der Waals surface area contributed by atoms with Crippen molar-refractivity contribution < 1.29 is 51.6 Å². The van der Waals surface area contributed by atoms with Crippen LogP contribution >= 0.6 is 64.6 Å². The lowest BCUT2D eigenvalue weighted by Crippen LogP contribution is -3.00. The molecule has 4 atom stereocenters. The van der Waals surface area contributed by atoms with Gasteiger partial charge in [-0.25, -0.2) is 0 Å². The van der Waals surface area contributed by atoms with Crippen molar-refractivity contribution in [3.05, 3.63) is 119 Å². The maximum absolute atomic E-state index is 11.5. The Labute approximate surface area is 480 Å². The number of hydrogen-bond acceptors (Lipinski definition) is 10. The number of aryl methyl sites for hydroxylation is 2. The predicted molar refractivity (Wildman–Crippen MR) is 324 cm³/mol. The van der Waals surface area contributed by atoms with Crippen molar-refractivity contribution in [3.8, 4) is 0 Å². The molecule has 4 aromatic rings. The van der Waals surface area contributed by atoms with Gasteiger partial charge in [-0.05, 0) is 127 Å². The summed E-state index contributed by atoms with van der Waals surface area (Å²) >= 11 is 11.3. The lowest BCUT2D eigenvalue weighted by Gasteiger charge is -2.19. The van der Waals surface area contributed by atoms with Gasteiger partial charge in [-0.2, -0.15) is 25.3 Å².